The largest absolute Gasteiger partial charge is 0.444 e. The van der Waals surface area contributed by atoms with E-state index < -0.39 is 58.7 Å². The minimum atomic E-state index is -3.82. The van der Waals surface area contributed by atoms with Crippen LogP contribution in [-0.2, 0) is 4.74 Å². The lowest BCUT2D eigenvalue weighted by molar-refractivity contribution is -0.455. The molecule has 0 aromatic carbocycles. The molecule has 0 aromatic heterocycles. The first kappa shape index (κ1) is 18.7. The third-order valence-electron chi connectivity index (χ3n) is 4.04. The van der Waals surface area contributed by atoms with E-state index in [0.29, 0.717) is 0 Å². The van der Waals surface area contributed by atoms with E-state index in [1.54, 1.807) is 0 Å². The zero-order chi connectivity index (χ0) is 18.0. The first-order valence-electron chi connectivity index (χ1n) is 6.28. The third kappa shape index (κ3) is 3.30. The Balaban J connectivity index is 2.64. The lowest BCUT2D eigenvalue weighted by atomic mass is 9.64. The molecule has 1 aliphatic carbocycles. The summed E-state index contributed by atoms with van der Waals surface area (Å²) in [6.07, 6.45) is -2.81. The van der Waals surface area contributed by atoms with Gasteiger partial charge in [0.2, 0.25) is 0 Å². The second-order valence-corrected chi connectivity index (χ2v) is 6.68. The molecule has 13 heteroatoms. The summed E-state index contributed by atoms with van der Waals surface area (Å²) in [5.74, 6) is -18.1. The maximum atomic E-state index is 11.5. The number of ether oxygens (including phenoxy) is 1. The molecule has 10 N–H and O–H groups in total. The van der Waals surface area contributed by atoms with Crippen LogP contribution >= 0.6 is 15.9 Å². The van der Waals surface area contributed by atoms with E-state index in [0.717, 1.165) is 0 Å². The van der Waals surface area contributed by atoms with Crippen LogP contribution in [0.25, 0.3) is 0 Å². The Morgan fingerprint density at radius 2 is 1.26 bits per heavy atom. The number of nitrogens with one attached hydrogen (secondary N) is 1. The van der Waals surface area contributed by atoms with Gasteiger partial charge in [0.05, 0.1) is 28.6 Å². The Bertz CT molecular complexity index is 447. The molecular weight excluding hydrogens is 390 g/mol. The Morgan fingerprint density at radius 1 is 0.826 bits per heavy atom. The molecule has 12 nitrogen and oxygen atoms in total. The fourth-order valence-corrected chi connectivity index (χ4v) is 4.18. The highest BCUT2D eigenvalue weighted by molar-refractivity contribution is 9.09. The number of carbonyl (C=O) groups is 1. The van der Waals surface area contributed by atoms with Crippen LogP contribution in [0.3, 0.4) is 0 Å². The first-order chi connectivity index (χ1) is 10.2. The molecule has 1 saturated heterocycles. The molecule has 1 amide bonds. The summed E-state index contributed by atoms with van der Waals surface area (Å²) >= 11 is 2.97. The molecule has 1 saturated carbocycles. The minimum absolute atomic E-state index is 1.13. The van der Waals surface area contributed by atoms with E-state index in [4.69, 9.17) is 4.74 Å². The van der Waals surface area contributed by atoms with Crippen LogP contribution in [0, 0.1) is 17.8 Å². The van der Waals surface area contributed by atoms with Crippen LogP contribution in [0.4, 0.5) is 4.79 Å². The minimum Gasteiger partial charge on any atom is -0.444 e. The van der Waals surface area contributed by atoms with E-state index >= 15 is 0 Å². The topological polar surface area (TPSA) is 220 Å². The Kier molecular flexibility index (Phi) is 4.44. The third-order valence-corrected chi connectivity index (χ3v) is 5.13. The van der Waals surface area contributed by atoms with Gasteiger partial charge in [0, 0.05) is 0 Å². The molecule has 0 aromatic rings. The van der Waals surface area contributed by atoms with Gasteiger partial charge < -0.3 is 56.0 Å². The SMILES string of the molecule is O=C1NC2C(Br)C(O1)C(C(O)(O)O)C(C(O)(O)O)C2C(O)(O)O. The van der Waals surface area contributed by atoms with E-state index in [2.05, 4.69) is 21.2 Å². The molecule has 2 bridgehead atoms. The van der Waals surface area contributed by atoms with Crippen LogP contribution in [0.2, 0.25) is 0 Å². The van der Waals surface area contributed by atoms with Gasteiger partial charge in [-0.3, -0.25) is 0 Å². The number of hydrogen-bond donors (Lipinski definition) is 10. The Morgan fingerprint density at radius 3 is 1.65 bits per heavy atom. The summed E-state index contributed by atoms with van der Waals surface area (Å²) < 4.78 is 4.74. The average Bonchev–Trinajstić information content (AvgIpc) is 2.25. The first-order valence-corrected chi connectivity index (χ1v) is 7.20. The van der Waals surface area contributed by atoms with Gasteiger partial charge in [-0.25, -0.2) is 4.79 Å². The van der Waals surface area contributed by atoms with Crippen molar-refractivity contribution in [3.05, 3.63) is 0 Å². The number of alkyl carbamates (subject to hydrolysis) is 1. The number of hydrogen-bond acceptors (Lipinski definition) is 11. The normalized spacial score (nSPS) is 38.8. The zero-order valence-corrected chi connectivity index (χ0v) is 12.8. The summed E-state index contributed by atoms with van der Waals surface area (Å²) in [4.78, 5) is 10.4. The predicted octanol–water partition coefficient (Wildman–Crippen LogP) is -5.02. The maximum Gasteiger partial charge on any atom is 0.407 e. The van der Waals surface area contributed by atoms with E-state index in [1.807, 2.05) is 0 Å². The summed E-state index contributed by atoms with van der Waals surface area (Å²) in [7, 11) is 0. The molecule has 134 valence electrons. The van der Waals surface area contributed by atoms with Crippen molar-refractivity contribution < 1.29 is 55.5 Å². The average molecular weight is 406 g/mol. The summed E-state index contributed by atoms with van der Waals surface area (Å²) in [5.41, 5.74) is 0. The van der Waals surface area contributed by atoms with Crippen molar-refractivity contribution in [2.24, 2.45) is 17.8 Å². The Hall–Kier alpha value is -0.610. The number of fused-ring (bicyclic) bond motifs is 2. The fourth-order valence-electron chi connectivity index (χ4n) is 3.28. The van der Waals surface area contributed by atoms with Gasteiger partial charge in [-0.1, -0.05) is 15.9 Å². The summed E-state index contributed by atoms with van der Waals surface area (Å²) in [5, 5.41) is 87.4. The second kappa shape index (κ2) is 5.45. The molecular formula is C10H16BrNO11. The van der Waals surface area contributed by atoms with Crippen LogP contribution in [-0.4, -0.2) is 86.9 Å². The molecule has 0 spiro atoms. The molecule has 23 heavy (non-hydrogen) atoms. The van der Waals surface area contributed by atoms with Gasteiger partial charge in [-0.2, -0.15) is 0 Å². The summed E-state index contributed by atoms with van der Waals surface area (Å²) in [6.45, 7) is 0. The van der Waals surface area contributed by atoms with E-state index in [-0.39, 0.29) is 0 Å². The van der Waals surface area contributed by atoms with Crippen molar-refractivity contribution in [2.45, 2.75) is 34.9 Å². The monoisotopic (exact) mass is 405 g/mol. The molecule has 1 heterocycles. The van der Waals surface area contributed by atoms with Gasteiger partial charge in [-0.05, 0) is 0 Å². The van der Waals surface area contributed by atoms with Crippen molar-refractivity contribution in [1.29, 1.82) is 0 Å². The quantitative estimate of drug-likeness (QED) is 0.158. The van der Waals surface area contributed by atoms with Crippen LogP contribution in [0.1, 0.15) is 0 Å². The molecule has 6 atom stereocenters. The summed E-state index contributed by atoms with van der Waals surface area (Å²) in [6, 6.07) is -1.45. The lowest BCUT2D eigenvalue weighted by Gasteiger charge is -2.56. The fraction of sp³-hybridized carbons (Fsp3) is 0.900. The molecule has 2 aliphatic rings. The highest BCUT2D eigenvalue weighted by atomic mass is 79.9. The molecule has 0 radical (unpaired) electrons. The highest BCUT2D eigenvalue weighted by Gasteiger charge is 2.69. The predicted molar refractivity (Wildman–Crippen MR) is 68.5 cm³/mol. The zero-order valence-electron chi connectivity index (χ0n) is 11.2. The molecule has 2 rings (SSSR count). The molecule has 1 aliphatic heterocycles. The van der Waals surface area contributed by atoms with Crippen molar-refractivity contribution >= 4 is 22.0 Å². The van der Waals surface area contributed by atoms with E-state index in [1.165, 1.54) is 0 Å². The standard InChI is InChI=1S/C10H16BrNO11/c11-4-5-2(9(17,18)19)1(8(14,15)16)3(10(20,21)22)6(4)23-7(13)12-5/h1-6,14-22H,(H,12,13). The van der Waals surface area contributed by atoms with Crippen LogP contribution < -0.4 is 5.32 Å². The number of halogens is 1. The van der Waals surface area contributed by atoms with Crippen molar-refractivity contribution in [3.63, 3.8) is 0 Å². The maximum absolute atomic E-state index is 11.5. The van der Waals surface area contributed by atoms with Gasteiger partial charge >= 0.3 is 6.09 Å². The molecule has 2 fully saturated rings. The lowest BCUT2D eigenvalue weighted by Crippen LogP contribution is -2.76. The van der Waals surface area contributed by atoms with Gasteiger partial charge in [0.1, 0.15) is 6.10 Å². The number of amides is 1. The van der Waals surface area contributed by atoms with Crippen molar-refractivity contribution in [1.82, 2.24) is 5.32 Å². The smallest absolute Gasteiger partial charge is 0.407 e. The number of carbonyl (C=O) groups excluding carboxylic acids is 1. The number of aliphatic hydroxyl groups is 9. The van der Waals surface area contributed by atoms with Crippen LogP contribution in [0.15, 0.2) is 0 Å². The van der Waals surface area contributed by atoms with Gasteiger partial charge in [0.15, 0.2) is 0 Å². The van der Waals surface area contributed by atoms with Gasteiger partial charge in [-0.15, -0.1) is 0 Å². The van der Waals surface area contributed by atoms with Gasteiger partial charge in [0.25, 0.3) is 17.9 Å². The van der Waals surface area contributed by atoms with Crippen LogP contribution in [0.5, 0.6) is 0 Å². The van der Waals surface area contributed by atoms with Crippen molar-refractivity contribution in [2.75, 3.05) is 0 Å². The second-order valence-electron chi connectivity index (χ2n) is 5.62. The number of alkyl halides is 1. The molecule has 6 unspecified atom stereocenters. The Labute approximate surface area is 136 Å². The van der Waals surface area contributed by atoms with E-state index in [9.17, 15) is 50.8 Å². The highest BCUT2D eigenvalue weighted by Crippen LogP contribution is 2.50. The number of rotatable bonds is 3. The van der Waals surface area contributed by atoms with Crippen molar-refractivity contribution in [3.8, 4) is 0 Å².